The number of piperidine rings is 1. The Morgan fingerprint density at radius 2 is 2.22 bits per heavy atom. The molecule has 0 radical (unpaired) electrons. The molecule has 7 heteroatoms. The first-order valence-electron chi connectivity index (χ1n) is 6.32. The summed E-state index contributed by atoms with van der Waals surface area (Å²) < 4.78 is 25.7. The lowest BCUT2D eigenvalue weighted by atomic mass is 9.99. The van der Waals surface area contributed by atoms with Gasteiger partial charge < -0.3 is 10.9 Å². The Balaban J connectivity index is 2.65. The number of amidine groups is 1. The Morgan fingerprint density at radius 1 is 1.56 bits per heavy atom. The van der Waals surface area contributed by atoms with Crippen molar-refractivity contribution in [3.63, 3.8) is 0 Å². The topological polar surface area (TPSA) is 96.0 Å². The van der Waals surface area contributed by atoms with Crippen molar-refractivity contribution in [1.82, 2.24) is 4.31 Å². The molecule has 0 aromatic rings. The van der Waals surface area contributed by atoms with Gasteiger partial charge in [0.2, 0.25) is 10.0 Å². The predicted octanol–water partition coefficient (Wildman–Crippen LogP) is 0.821. The van der Waals surface area contributed by atoms with Crippen LogP contribution in [0, 0.1) is 11.8 Å². The van der Waals surface area contributed by atoms with Crippen molar-refractivity contribution >= 4 is 15.9 Å². The molecule has 1 rings (SSSR count). The minimum absolute atomic E-state index is 0.124. The number of hydrogen-bond acceptors (Lipinski definition) is 4. The van der Waals surface area contributed by atoms with Gasteiger partial charge in [-0.3, -0.25) is 0 Å². The summed E-state index contributed by atoms with van der Waals surface area (Å²) in [5.41, 5.74) is 5.55. The zero-order chi connectivity index (χ0) is 13.8. The molecule has 0 aromatic carbocycles. The van der Waals surface area contributed by atoms with Crippen molar-refractivity contribution in [2.75, 3.05) is 18.8 Å². The van der Waals surface area contributed by atoms with Crippen LogP contribution in [0.3, 0.4) is 0 Å². The van der Waals surface area contributed by atoms with Gasteiger partial charge in [-0.15, -0.1) is 0 Å². The van der Waals surface area contributed by atoms with Crippen LogP contribution in [0.25, 0.3) is 0 Å². The van der Waals surface area contributed by atoms with E-state index in [4.69, 9.17) is 10.9 Å². The van der Waals surface area contributed by atoms with Crippen LogP contribution in [0.4, 0.5) is 0 Å². The van der Waals surface area contributed by atoms with Gasteiger partial charge in [0.25, 0.3) is 0 Å². The Hall–Kier alpha value is -0.820. The van der Waals surface area contributed by atoms with Crippen LogP contribution >= 0.6 is 0 Å². The molecule has 1 aliphatic heterocycles. The maximum Gasteiger partial charge on any atom is 0.214 e. The summed E-state index contributed by atoms with van der Waals surface area (Å²) >= 11 is 0. The highest BCUT2D eigenvalue weighted by Gasteiger charge is 2.30. The maximum atomic E-state index is 12.1. The molecule has 0 aliphatic carbocycles. The van der Waals surface area contributed by atoms with Gasteiger partial charge >= 0.3 is 0 Å². The summed E-state index contributed by atoms with van der Waals surface area (Å²) in [7, 11) is -3.21. The van der Waals surface area contributed by atoms with Crippen molar-refractivity contribution in [2.45, 2.75) is 33.1 Å². The number of oxime groups is 1. The molecule has 0 saturated carbocycles. The monoisotopic (exact) mass is 277 g/mol. The van der Waals surface area contributed by atoms with Gasteiger partial charge in [-0.25, -0.2) is 12.7 Å². The smallest absolute Gasteiger partial charge is 0.214 e. The molecule has 1 heterocycles. The molecule has 106 valence electrons. The molecular formula is C11H23N3O3S. The molecule has 0 bridgehead atoms. The first-order valence-corrected chi connectivity index (χ1v) is 7.93. The molecule has 3 N–H and O–H groups in total. The molecule has 1 atom stereocenters. The summed E-state index contributed by atoms with van der Waals surface area (Å²) in [6, 6.07) is 0. The molecule has 1 unspecified atom stereocenters. The lowest BCUT2D eigenvalue weighted by Gasteiger charge is -2.31. The van der Waals surface area contributed by atoms with Gasteiger partial charge in [0.15, 0.2) is 0 Å². The molecule has 0 spiro atoms. The summed E-state index contributed by atoms with van der Waals surface area (Å²) in [6.07, 6.45) is 2.18. The van der Waals surface area contributed by atoms with Gasteiger partial charge in [0.1, 0.15) is 5.84 Å². The summed E-state index contributed by atoms with van der Waals surface area (Å²) in [5, 5.41) is 11.6. The Morgan fingerprint density at radius 3 is 2.78 bits per heavy atom. The first-order chi connectivity index (χ1) is 8.36. The summed E-state index contributed by atoms with van der Waals surface area (Å²) in [6.45, 7) is 4.88. The lowest BCUT2D eigenvalue weighted by molar-refractivity contribution is 0.287. The maximum absolute atomic E-state index is 12.1. The van der Waals surface area contributed by atoms with E-state index in [9.17, 15) is 8.42 Å². The van der Waals surface area contributed by atoms with E-state index < -0.39 is 10.0 Å². The third-order valence-corrected chi connectivity index (χ3v) is 5.13. The second-order valence-electron chi connectivity index (χ2n) is 5.22. The number of nitrogens with two attached hydrogens (primary N) is 1. The number of sulfonamides is 1. The van der Waals surface area contributed by atoms with Crippen LogP contribution in [-0.4, -0.2) is 42.6 Å². The van der Waals surface area contributed by atoms with Crippen molar-refractivity contribution in [1.29, 1.82) is 0 Å². The molecule has 1 aliphatic rings. The largest absolute Gasteiger partial charge is 0.409 e. The second-order valence-corrected chi connectivity index (χ2v) is 7.31. The van der Waals surface area contributed by atoms with Crippen LogP contribution in [0.5, 0.6) is 0 Å². The predicted molar refractivity (Wildman–Crippen MR) is 70.9 cm³/mol. The fourth-order valence-corrected chi connectivity index (χ4v) is 3.87. The van der Waals surface area contributed by atoms with Gasteiger partial charge in [0.05, 0.1) is 5.75 Å². The number of hydrogen-bond donors (Lipinski definition) is 2. The van der Waals surface area contributed by atoms with E-state index in [2.05, 4.69) is 5.16 Å². The second kappa shape index (κ2) is 6.38. The molecule has 6 nitrogen and oxygen atoms in total. The van der Waals surface area contributed by atoms with Crippen LogP contribution in [0.15, 0.2) is 5.16 Å². The van der Waals surface area contributed by atoms with Gasteiger partial charge in [-0.2, -0.15) is 0 Å². The SMILES string of the molecule is CC(C)CCS(=O)(=O)N1CCCC(C(N)=NO)C1. The van der Waals surface area contributed by atoms with Crippen LogP contribution in [0.2, 0.25) is 0 Å². The van der Waals surface area contributed by atoms with Crippen molar-refractivity contribution in [2.24, 2.45) is 22.7 Å². The van der Waals surface area contributed by atoms with E-state index in [0.29, 0.717) is 25.4 Å². The van der Waals surface area contributed by atoms with E-state index in [1.165, 1.54) is 4.31 Å². The molecule has 0 amide bonds. The van der Waals surface area contributed by atoms with Crippen molar-refractivity contribution in [3.8, 4) is 0 Å². The van der Waals surface area contributed by atoms with Crippen molar-refractivity contribution < 1.29 is 13.6 Å². The highest BCUT2D eigenvalue weighted by Crippen LogP contribution is 2.20. The Labute approximate surface area is 109 Å². The normalized spacial score (nSPS) is 23.5. The molecule has 0 aromatic heterocycles. The minimum atomic E-state index is -3.21. The standard InChI is InChI=1S/C11H23N3O3S/c1-9(2)5-7-18(16,17)14-6-3-4-10(8-14)11(12)13-15/h9-10,15H,3-8H2,1-2H3,(H2,12,13). The highest BCUT2D eigenvalue weighted by molar-refractivity contribution is 7.89. The zero-order valence-corrected chi connectivity index (χ0v) is 11.9. The summed E-state index contributed by atoms with van der Waals surface area (Å²) in [4.78, 5) is 0. The minimum Gasteiger partial charge on any atom is -0.409 e. The van der Waals surface area contributed by atoms with Gasteiger partial charge in [-0.05, 0) is 25.2 Å². The van der Waals surface area contributed by atoms with Gasteiger partial charge in [-0.1, -0.05) is 19.0 Å². The third-order valence-electron chi connectivity index (χ3n) is 3.26. The fraction of sp³-hybridized carbons (Fsp3) is 0.909. The Kier molecular flexibility index (Phi) is 5.40. The van der Waals surface area contributed by atoms with Crippen LogP contribution < -0.4 is 5.73 Å². The van der Waals surface area contributed by atoms with E-state index in [-0.39, 0.29) is 17.5 Å². The average molecular weight is 277 g/mol. The van der Waals surface area contributed by atoms with Gasteiger partial charge in [0, 0.05) is 19.0 Å². The summed E-state index contributed by atoms with van der Waals surface area (Å²) in [5.74, 6) is 0.494. The highest BCUT2D eigenvalue weighted by atomic mass is 32.2. The van der Waals surface area contributed by atoms with E-state index in [1.807, 2.05) is 13.8 Å². The molecular weight excluding hydrogens is 254 g/mol. The van der Waals surface area contributed by atoms with E-state index in [0.717, 1.165) is 12.8 Å². The molecule has 1 saturated heterocycles. The molecule has 18 heavy (non-hydrogen) atoms. The average Bonchev–Trinajstić information content (AvgIpc) is 2.35. The van der Waals surface area contributed by atoms with E-state index in [1.54, 1.807) is 0 Å². The lowest BCUT2D eigenvalue weighted by Crippen LogP contribution is -2.45. The number of rotatable bonds is 5. The first kappa shape index (κ1) is 15.2. The van der Waals surface area contributed by atoms with Crippen LogP contribution in [0.1, 0.15) is 33.1 Å². The fourth-order valence-electron chi connectivity index (χ4n) is 2.03. The number of nitrogens with zero attached hydrogens (tertiary/aromatic N) is 2. The molecule has 1 fully saturated rings. The van der Waals surface area contributed by atoms with E-state index >= 15 is 0 Å². The van der Waals surface area contributed by atoms with Crippen LogP contribution in [-0.2, 0) is 10.0 Å². The third kappa shape index (κ3) is 4.13. The Bertz CT molecular complexity index is 392. The zero-order valence-electron chi connectivity index (χ0n) is 11.0. The van der Waals surface area contributed by atoms with Crippen molar-refractivity contribution in [3.05, 3.63) is 0 Å². The quantitative estimate of drug-likeness (QED) is 0.336.